The molecule has 26 heavy (non-hydrogen) atoms. The molecule has 2 aliphatic heterocycles. The maximum atomic E-state index is 12.3. The minimum Gasteiger partial charge on any atom is -0.324 e. The molecule has 9 nitrogen and oxygen atoms in total. The zero-order valence-corrected chi connectivity index (χ0v) is 13.6. The Bertz CT molecular complexity index is 1100. The topological polar surface area (TPSA) is 127 Å². The number of nitrogens with one attached hydrogen (secondary N) is 1. The van der Waals surface area contributed by atoms with Gasteiger partial charge in [0.2, 0.25) is 0 Å². The lowest BCUT2D eigenvalue weighted by atomic mass is 10.1. The van der Waals surface area contributed by atoms with Gasteiger partial charge in [0.1, 0.15) is 4.90 Å². The smallest absolute Gasteiger partial charge is 0.324 e. The maximum absolute atomic E-state index is 12.3. The number of sulfonamides is 1. The zero-order valence-electron chi connectivity index (χ0n) is 12.8. The zero-order chi connectivity index (χ0) is 18.6. The average Bonchev–Trinajstić information content (AvgIpc) is 3.00. The van der Waals surface area contributed by atoms with Crippen LogP contribution < -0.4 is 4.72 Å². The Kier molecular flexibility index (Phi) is 3.21. The van der Waals surface area contributed by atoms with Crippen molar-refractivity contribution in [2.24, 2.45) is 0 Å². The molecule has 2 aromatic carbocycles. The van der Waals surface area contributed by atoms with E-state index in [9.17, 15) is 27.6 Å². The van der Waals surface area contributed by atoms with Crippen LogP contribution in [0.25, 0.3) is 0 Å². The molecule has 0 atom stereocenters. The van der Waals surface area contributed by atoms with Crippen molar-refractivity contribution in [3.8, 4) is 0 Å². The van der Waals surface area contributed by atoms with Crippen LogP contribution in [0.15, 0.2) is 47.4 Å². The molecule has 0 saturated carbocycles. The van der Waals surface area contributed by atoms with E-state index in [1.165, 1.54) is 18.2 Å². The highest BCUT2D eigenvalue weighted by Gasteiger charge is 2.39. The first-order valence-corrected chi connectivity index (χ1v) is 8.69. The van der Waals surface area contributed by atoms with Crippen molar-refractivity contribution in [1.82, 2.24) is 9.79 Å². The van der Waals surface area contributed by atoms with Gasteiger partial charge >= 0.3 is 5.97 Å². The molecule has 2 aromatic rings. The van der Waals surface area contributed by atoms with Gasteiger partial charge in [-0.05, 0) is 30.3 Å². The molecule has 0 spiro atoms. The molecule has 0 saturated heterocycles. The van der Waals surface area contributed by atoms with Crippen LogP contribution in [0.2, 0.25) is 0 Å². The monoisotopic (exact) mass is 372 g/mol. The first-order chi connectivity index (χ1) is 12.3. The SMILES string of the molecule is O=C(ON1C(=O)c2ccccc2C1=O)c1ccc2c(c1)S(=O)(=O)NC2=O. The Morgan fingerprint density at radius 2 is 1.54 bits per heavy atom. The fourth-order valence-corrected chi connectivity index (χ4v) is 3.87. The third kappa shape index (κ3) is 2.19. The van der Waals surface area contributed by atoms with Gasteiger partial charge in [0.05, 0.1) is 22.3 Å². The van der Waals surface area contributed by atoms with Crippen molar-refractivity contribution in [3.05, 3.63) is 64.7 Å². The van der Waals surface area contributed by atoms with Crippen LogP contribution in [-0.2, 0) is 14.9 Å². The highest BCUT2D eigenvalue weighted by Crippen LogP contribution is 2.26. The molecule has 0 fully saturated rings. The molecule has 10 heteroatoms. The lowest BCUT2D eigenvalue weighted by Crippen LogP contribution is -2.32. The molecule has 1 N–H and O–H groups in total. The van der Waals surface area contributed by atoms with E-state index >= 15 is 0 Å². The minimum atomic E-state index is -4.06. The first kappa shape index (κ1) is 16.0. The summed E-state index contributed by atoms with van der Waals surface area (Å²) in [6.45, 7) is 0. The standard InChI is InChI=1S/C16H8N2O7S/c19-13-11-6-5-8(7-12(11)26(23,24)17-13)16(22)25-18-14(20)9-3-1-2-4-10(9)15(18)21/h1-7H,(H,17,19). The van der Waals surface area contributed by atoms with E-state index in [1.54, 1.807) is 16.9 Å². The fraction of sp³-hybridized carbons (Fsp3) is 0. The number of carbonyl (C=O) groups excluding carboxylic acids is 4. The largest absolute Gasteiger partial charge is 0.363 e. The van der Waals surface area contributed by atoms with E-state index in [-0.39, 0.29) is 27.1 Å². The second-order valence-corrected chi connectivity index (χ2v) is 7.13. The van der Waals surface area contributed by atoms with Crippen LogP contribution in [0.5, 0.6) is 0 Å². The normalized spacial score (nSPS) is 16.9. The van der Waals surface area contributed by atoms with Crippen molar-refractivity contribution < 1.29 is 32.4 Å². The van der Waals surface area contributed by atoms with Gasteiger partial charge in [0.25, 0.3) is 27.7 Å². The molecule has 0 radical (unpaired) electrons. The number of rotatable bonds is 2. The molecule has 130 valence electrons. The van der Waals surface area contributed by atoms with Crippen LogP contribution in [-0.4, -0.2) is 37.2 Å². The van der Waals surface area contributed by atoms with E-state index in [4.69, 9.17) is 4.84 Å². The summed E-state index contributed by atoms with van der Waals surface area (Å²) in [5.41, 5.74) is -0.157. The van der Waals surface area contributed by atoms with Crippen LogP contribution in [0.1, 0.15) is 41.4 Å². The van der Waals surface area contributed by atoms with Crippen molar-refractivity contribution in [1.29, 1.82) is 0 Å². The summed E-state index contributed by atoms with van der Waals surface area (Å²) in [6, 6.07) is 9.22. The molecule has 2 aliphatic rings. The summed E-state index contributed by atoms with van der Waals surface area (Å²) in [6.07, 6.45) is 0. The lowest BCUT2D eigenvalue weighted by Gasteiger charge is -2.12. The number of fused-ring (bicyclic) bond motifs is 2. The number of imide groups is 1. The Labute approximate surface area is 146 Å². The first-order valence-electron chi connectivity index (χ1n) is 7.21. The van der Waals surface area contributed by atoms with E-state index in [1.807, 2.05) is 0 Å². The van der Waals surface area contributed by atoms with Gasteiger partial charge in [-0.15, -0.1) is 0 Å². The summed E-state index contributed by atoms with van der Waals surface area (Å²) in [5.74, 6) is -3.52. The van der Waals surface area contributed by atoms with Crippen molar-refractivity contribution in [3.63, 3.8) is 0 Å². The summed E-state index contributed by atoms with van der Waals surface area (Å²) >= 11 is 0. The Morgan fingerprint density at radius 1 is 0.923 bits per heavy atom. The highest BCUT2D eigenvalue weighted by molar-refractivity contribution is 7.90. The molecular weight excluding hydrogens is 364 g/mol. The quantitative estimate of drug-likeness (QED) is 0.760. The van der Waals surface area contributed by atoms with E-state index in [0.717, 1.165) is 12.1 Å². The molecule has 0 bridgehead atoms. The fourth-order valence-electron chi connectivity index (χ4n) is 2.68. The second kappa shape index (κ2) is 5.23. The molecule has 0 aliphatic carbocycles. The molecule has 3 amide bonds. The summed E-state index contributed by atoms with van der Waals surface area (Å²) in [4.78, 5) is 52.7. The van der Waals surface area contributed by atoms with Gasteiger partial charge in [-0.1, -0.05) is 17.2 Å². The molecule has 4 rings (SSSR count). The third-order valence-electron chi connectivity index (χ3n) is 3.91. The third-order valence-corrected chi connectivity index (χ3v) is 5.28. The van der Waals surface area contributed by atoms with Crippen molar-refractivity contribution in [2.75, 3.05) is 0 Å². The van der Waals surface area contributed by atoms with E-state index < -0.39 is 33.7 Å². The van der Waals surface area contributed by atoms with Crippen molar-refractivity contribution >= 4 is 33.7 Å². The average molecular weight is 372 g/mol. The Hall–Kier alpha value is -3.53. The number of carbonyl (C=O) groups is 4. The van der Waals surface area contributed by atoms with Gasteiger partial charge in [0, 0.05) is 0 Å². The summed E-state index contributed by atoms with van der Waals surface area (Å²) < 4.78 is 25.5. The molecule has 0 aromatic heterocycles. The van der Waals surface area contributed by atoms with Crippen molar-refractivity contribution in [2.45, 2.75) is 4.90 Å². The molecule has 2 heterocycles. The second-order valence-electron chi connectivity index (χ2n) is 5.47. The van der Waals surface area contributed by atoms with Crippen LogP contribution >= 0.6 is 0 Å². The van der Waals surface area contributed by atoms with Gasteiger partial charge in [-0.25, -0.2) is 17.9 Å². The van der Waals surface area contributed by atoms with Gasteiger partial charge in [-0.2, -0.15) is 0 Å². The Morgan fingerprint density at radius 3 is 2.15 bits per heavy atom. The lowest BCUT2D eigenvalue weighted by molar-refractivity contribution is -0.0584. The molecular formula is C16H8N2O7S. The number of hydrogen-bond acceptors (Lipinski definition) is 7. The Balaban J connectivity index is 1.64. The van der Waals surface area contributed by atoms with Crippen LogP contribution in [0, 0.1) is 0 Å². The maximum Gasteiger partial charge on any atom is 0.363 e. The van der Waals surface area contributed by atoms with Gasteiger partial charge < -0.3 is 4.84 Å². The summed E-state index contributed by atoms with van der Waals surface area (Å²) in [7, 11) is -4.06. The molecule has 0 unspecified atom stereocenters. The van der Waals surface area contributed by atoms with Gasteiger partial charge in [0.15, 0.2) is 0 Å². The van der Waals surface area contributed by atoms with Gasteiger partial charge in [-0.3, -0.25) is 14.4 Å². The van der Waals surface area contributed by atoms with Crippen LogP contribution in [0.3, 0.4) is 0 Å². The predicted octanol–water partition coefficient (Wildman–Crippen LogP) is 0.487. The number of hydrogen-bond donors (Lipinski definition) is 1. The number of amides is 3. The predicted molar refractivity (Wildman–Crippen MR) is 83.5 cm³/mol. The van der Waals surface area contributed by atoms with Crippen LogP contribution in [0.4, 0.5) is 0 Å². The van der Waals surface area contributed by atoms with E-state index in [0.29, 0.717) is 5.06 Å². The summed E-state index contributed by atoms with van der Waals surface area (Å²) in [5, 5.41) is 0.318. The number of hydroxylamine groups is 2. The highest BCUT2D eigenvalue weighted by atomic mass is 32.2. The number of benzene rings is 2. The number of nitrogens with zero attached hydrogens (tertiary/aromatic N) is 1. The van der Waals surface area contributed by atoms with E-state index in [2.05, 4.69) is 0 Å². The minimum absolute atomic E-state index is 0.0941.